The van der Waals surface area contributed by atoms with E-state index in [-0.39, 0.29) is 36.6 Å². The molecule has 1 aliphatic rings. The van der Waals surface area contributed by atoms with E-state index in [0.717, 1.165) is 0 Å². The van der Waals surface area contributed by atoms with E-state index in [4.69, 9.17) is 0 Å². The fourth-order valence-electron chi connectivity index (χ4n) is 3.69. The summed E-state index contributed by atoms with van der Waals surface area (Å²) in [6.45, 7) is 10.2. The van der Waals surface area contributed by atoms with E-state index in [0.29, 0.717) is 0 Å². The van der Waals surface area contributed by atoms with E-state index in [1.807, 2.05) is 0 Å². The van der Waals surface area contributed by atoms with Crippen LogP contribution >= 0.6 is 0 Å². The molecule has 0 N–H and O–H groups in total. The van der Waals surface area contributed by atoms with Crippen molar-refractivity contribution in [3.8, 4) is 11.1 Å². The van der Waals surface area contributed by atoms with Gasteiger partial charge in [-0.2, -0.15) is 11.1 Å². The first-order valence-corrected chi connectivity index (χ1v) is 7.58. The zero-order valence-electron chi connectivity index (χ0n) is 15.8. The van der Waals surface area contributed by atoms with Gasteiger partial charge in [0.15, 0.2) is 0 Å². The normalized spacial score (nSPS) is 12.7. The molecule has 0 radical (unpaired) electrons. The van der Waals surface area contributed by atoms with Crippen LogP contribution in [-0.4, -0.2) is 13.6 Å². The summed E-state index contributed by atoms with van der Waals surface area (Å²) in [4.78, 5) is 2.44. The number of benzene rings is 1. The largest absolute Gasteiger partial charge is 4.00 e. The number of hydrogen-bond donors (Lipinski definition) is 0. The Labute approximate surface area is 158 Å². The van der Waals surface area contributed by atoms with Gasteiger partial charge in [-0.3, -0.25) is 0 Å². The van der Waals surface area contributed by atoms with Gasteiger partial charge in [-0.25, -0.2) is 0 Å². The van der Waals surface area contributed by atoms with Crippen LogP contribution in [0.2, 0.25) is 0 Å². The van der Waals surface area contributed by atoms with Crippen molar-refractivity contribution in [1.29, 1.82) is 0 Å². The number of nitrogens with zero attached hydrogens (tertiary/aromatic N) is 1. The molecule has 0 saturated carbocycles. The average molecular weight is 344 g/mol. The quantitative estimate of drug-likeness (QED) is 0.482. The van der Waals surface area contributed by atoms with E-state index >= 15 is 0 Å². The maximum Gasteiger partial charge on any atom is 4.00 e. The van der Waals surface area contributed by atoms with Gasteiger partial charge in [-0.1, -0.05) is 51.5 Å². The molecular formula is C21H30NTi+. The summed E-state index contributed by atoms with van der Waals surface area (Å²) in [5.41, 5.74) is 11.7. The molecule has 23 heavy (non-hydrogen) atoms. The van der Waals surface area contributed by atoms with Crippen LogP contribution in [0.15, 0.2) is 18.2 Å². The summed E-state index contributed by atoms with van der Waals surface area (Å²) < 4.78 is 0. The first-order chi connectivity index (χ1) is 9.52. The van der Waals surface area contributed by atoms with Crippen LogP contribution < -0.4 is 4.90 Å². The van der Waals surface area contributed by atoms with Gasteiger partial charge >= 0.3 is 21.7 Å². The van der Waals surface area contributed by atoms with Crippen molar-refractivity contribution in [2.24, 2.45) is 0 Å². The molecule has 1 heterocycles. The summed E-state index contributed by atoms with van der Waals surface area (Å²) in [6.07, 6.45) is 2.48. The van der Waals surface area contributed by atoms with Crippen molar-refractivity contribution in [3.63, 3.8) is 0 Å². The molecule has 122 valence electrons. The number of fused-ring (bicyclic) bond motifs is 1. The average Bonchev–Trinajstić information content (AvgIpc) is 2.63. The molecule has 2 heteroatoms. The van der Waals surface area contributed by atoms with E-state index in [9.17, 15) is 0 Å². The molecule has 1 aliphatic heterocycles. The predicted molar refractivity (Wildman–Crippen MR) is 101 cm³/mol. The maximum atomic E-state index is 2.44. The van der Waals surface area contributed by atoms with Crippen LogP contribution in [0.1, 0.15) is 34.2 Å². The number of para-hydroxylation sites is 1. The van der Waals surface area contributed by atoms with Crippen LogP contribution in [-0.2, 0) is 28.1 Å². The Kier molecular flexibility index (Phi) is 7.93. The zero-order valence-corrected chi connectivity index (χ0v) is 17.4. The number of anilines is 1. The predicted octanol–water partition coefficient (Wildman–Crippen LogP) is 5.59. The van der Waals surface area contributed by atoms with Crippen molar-refractivity contribution < 1.29 is 21.7 Å². The van der Waals surface area contributed by atoms with Crippen LogP contribution in [0.4, 0.5) is 5.69 Å². The fraction of sp³-hybridized carbons (Fsp3) is 0.381. The molecule has 1 nitrogen and oxygen atoms in total. The Morgan fingerprint density at radius 1 is 1.04 bits per heavy atom. The molecule has 0 amide bonds. The first-order valence-electron chi connectivity index (χ1n) is 7.58. The van der Waals surface area contributed by atoms with Gasteiger partial charge < -0.3 is 19.8 Å². The zero-order chi connectivity index (χ0) is 14.4. The van der Waals surface area contributed by atoms with Crippen molar-refractivity contribution in [3.05, 3.63) is 60.9 Å². The molecule has 0 fully saturated rings. The number of rotatable bonds is 1. The number of hydrogen-bond acceptors (Lipinski definition) is 1. The number of aryl methyl sites for hydroxylation is 1. The van der Waals surface area contributed by atoms with Gasteiger partial charge in [0.2, 0.25) is 0 Å². The Bertz CT molecular complexity index is 641. The van der Waals surface area contributed by atoms with E-state index in [1.54, 1.807) is 0 Å². The molecule has 0 atom stereocenters. The topological polar surface area (TPSA) is 3.24 Å². The second-order valence-corrected chi connectivity index (χ2v) is 6.21. The van der Waals surface area contributed by atoms with Crippen LogP contribution in [0.5, 0.6) is 0 Å². The van der Waals surface area contributed by atoms with Crippen molar-refractivity contribution >= 4 is 5.69 Å². The van der Waals surface area contributed by atoms with E-state index in [2.05, 4.69) is 57.8 Å². The molecule has 2 aromatic rings. The van der Waals surface area contributed by atoms with Crippen molar-refractivity contribution in [2.45, 2.75) is 40.5 Å². The minimum absolute atomic E-state index is 0. The molecule has 0 bridgehead atoms. The third-order valence-electron chi connectivity index (χ3n) is 5.15. The molecule has 0 unspecified atom stereocenters. The molecule has 0 spiro atoms. The van der Waals surface area contributed by atoms with Crippen molar-refractivity contribution in [2.75, 3.05) is 18.5 Å². The minimum Gasteiger partial charge on any atom is -0.381 e. The molecule has 2 aromatic carbocycles. The van der Waals surface area contributed by atoms with Gasteiger partial charge in [0.1, 0.15) is 0 Å². The smallest absolute Gasteiger partial charge is 0.381 e. The van der Waals surface area contributed by atoms with E-state index in [1.165, 1.54) is 64.0 Å². The van der Waals surface area contributed by atoms with Gasteiger partial charge in [0.25, 0.3) is 0 Å². The molecule has 0 aliphatic carbocycles. The van der Waals surface area contributed by atoms with Crippen molar-refractivity contribution in [1.82, 2.24) is 0 Å². The molecule has 0 saturated heterocycles. The second kappa shape index (κ2) is 8.26. The maximum absolute atomic E-state index is 2.44. The molecule has 3 rings (SSSR count). The Morgan fingerprint density at radius 3 is 2.26 bits per heavy atom. The molecular weight excluding hydrogens is 314 g/mol. The summed E-state index contributed by atoms with van der Waals surface area (Å²) in [7, 11) is 2.23. The summed E-state index contributed by atoms with van der Waals surface area (Å²) in [5, 5.41) is 0. The molecule has 0 aromatic heterocycles. The van der Waals surface area contributed by atoms with Gasteiger partial charge in [-0.05, 0) is 18.4 Å². The SMILES string of the molecule is Cc1c(C)c(-c2cccc3c2N(C)CCC3)[c-](C)c1C.[CH3-].[CH3-].[Ti+4]. The van der Waals surface area contributed by atoms with Gasteiger partial charge in [-0.15, -0.1) is 16.7 Å². The first kappa shape index (κ1) is 22.1. The third kappa shape index (κ3) is 3.46. The van der Waals surface area contributed by atoms with Crippen LogP contribution in [0.3, 0.4) is 0 Å². The van der Waals surface area contributed by atoms with Crippen LogP contribution in [0, 0.1) is 42.5 Å². The van der Waals surface area contributed by atoms with Crippen LogP contribution in [0.25, 0.3) is 11.1 Å². The van der Waals surface area contributed by atoms with E-state index < -0.39 is 0 Å². The fourth-order valence-corrected chi connectivity index (χ4v) is 3.69. The summed E-state index contributed by atoms with van der Waals surface area (Å²) in [6, 6.07) is 6.82. The van der Waals surface area contributed by atoms with Gasteiger partial charge in [0, 0.05) is 19.3 Å². The Morgan fingerprint density at radius 2 is 1.70 bits per heavy atom. The minimum atomic E-state index is 0. The summed E-state index contributed by atoms with van der Waals surface area (Å²) in [5.74, 6) is 0. The van der Waals surface area contributed by atoms with Gasteiger partial charge in [0.05, 0.1) is 0 Å². The second-order valence-electron chi connectivity index (χ2n) is 6.21. The third-order valence-corrected chi connectivity index (χ3v) is 5.15. The Balaban J connectivity index is 0.00000161. The Hall–Kier alpha value is -0.916. The standard InChI is InChI=1S/C19H24N.2CH3.Ti/c1-12-13(2)15(4)18(14(12)3)17-10-6-8-16-9-7-11-20(5)19(16)17;;;/h6,8,10H,7,9,11H2,1-5H3;2*1H3;/q3*-1;+4. The summed E-state index contributed by atoms with van der Waals surface area (Å²) >= 11 is 0. The monoisotopic (exact) mass is 344 g/mol.